The van der Waals surface area contributed by atoms with Gasteiger partial charge in [-0.2, -0.15) is 13.2 Å². The third-order valence-electron chi connectivity index (χ3n) is 5.93. The predicted octanol–water partition coefficient (Wildman–Crippen LogP) is 9.13. The molecule has 0 aromatic heterocycles. The monoisotopic (exact) mass is 612 g/mol. The fourth-order valence-electron chi connectivity index (χ4n) is 3.96. The van der Waals surface area contributed by atoms with E-state index in [1.807, 2.05) is 67.6 Å². The first-order valence-electron chi connectivity index (χ1n) is 11.9. The largest absolute Gasteiger partial charge is 0.482 e. The van der Waals surface area contributed by atoms with Gasteiger partial charge in [-0.25, -0.2) is 4.79 Å². The highest BCUT2D eigenvalue weighted by Gasteiger charge is 2.29. The number of aliphatic carboxylic acids is 1. The number of benzene rings is 4. The van der Waals surface area contributed by atoms with Crippen LogP contribution in [0.4, 0.5) is 13.2 Å². The molecule has 0 atom stereocenters. The molecule has 0 aliphatic heterocycles. The summed E-state index contributed by atoms with van der Waals surface area (Å²) in [5.41, 5.74) is 4.79. The summed E-state index contributed by atoms with van der Waals surface area (Å²) in [5, 5.41) is 8.83. The van der Waals surface area contributed by atoms with Gasteiger partial charge in [-0.05, 0) is 82.8 Å². The van der Waals surface area contributed by atoms with Gasteiger partial charge in [0.1, 0.15) is 5.75 Å². The van der Waals surface area contributed by atoms with Crippen molar-refractivity contribution < 1.29 is 27.8 Å². The standard InChI is InChI=1S/C31H24BrF3O3S/c1-20-18-27(14-15-29(20)38-19-30(36)37)39-17-16-28(24-8-12-26(32)13-9-24)23-4-2-21(3-5-23)22-6-10-25(11-7-22)31(33,34)35/h2-16,18H,17,19H2,1H3,(H,36,37)/b28-16+. The summed E-state index contributed by atoms with van der Waals surface area (Å²) < 4.78 is 45.0. The third-order valence-corrected chi connectivity index (χ3v) is 7.38. The van der Waals surface area contributed by atoms with Crippen molar-refractivity contribution in [2.24, 2.45) is 0 Å². The first-order valence-corrected chi connectivity index (χ1v) is 13.7. The van der Waals surface area contributed by atoms with Crippen molar-refractivity contribution in [3.05, 3.63) is 124 Å². The molecule has 3 nitrogen and oxygen atoms in total. The van der Waals surface area contributed by atoms with Crippen LogP contribution in [0.2, 0.25) is 0 Å². The van der Waals surface area contributed by atoms with Crippen molar-refractivity contribution in [1.82, 2.24) is 0 Å². The fraction of sp³-hybridized carbons (Fsp3) is 0.129. The lowest BCUT2D eigenvalue weighted by Crippen LogP contribution is -2.09. The summed E-state index contributed by atoms with van der Waals surface area (Å²) in [4.78, 5) is 11.8. The van der Waals surface area contributed by atoms with E-state index in [0.717, 1.165) is 49.3 Å². The Hall–Kier alpha value is -3.49. The molecule has 0 unspecified atom stereocenters. The van der Waals surface area contributed by atoms with Gasteiger partial charge < -0.3 is 9.84 Å². The van der Waals surface area contributed by atoms with Crippen LogP contribution in [0, 0.1) is 6.92 Å². The maximum Gasteiger partial charge on any atom is 0.416 e. The molecule has 4 rings (SSSR count). The van der Waals surface area contributed by atoms with E-state index in [2.05, 4.69) is 22.0 Å². The van der Waals surface area contributed by atoms with E-state index in [4.69, 9.17) is 9.84 Å². The summed E-state index contributed by atoms with van der Waals surface area (Å²) in [6.45, 7) is 1.49. The molecule has 8 heteroatoms. The summed E-state index contributed by atoms with van der Waals surface area (Å²) in [5.74, 6) is 0.202. The molecule has 0 radical (unpaired) electrons. The van der Waals surface area contributed by atoms with Crippen LogP contribution in [-0.2, 0) is 11.0 Å². The second-order valence-corrected chi connectivity index (χ2v) is 10.7. The lowest BCUT2D eigenvalue weighted by molar-refractivity contribution is -0.139. The summed E-state index contributed by atoms with van der Waals surface area (Å²) in [7, 11) is 0. The fourth-order valence-corrected chi connectivity index (χ4v) is 5.09. The molecule has 0 fully saturated rings. The number of alkyl halides is 3. The molecule has 0 bridgehead atoms. The third kappa shape index (κ3) is 7.77. The van der Waals surface area contributed by atoms with Crippen molar-refractivity contribution in [1.29, 1.82) is 0 Å². The molecule has 4 aromatic carbocycles. The molecule has 0 saturated heterocycles. The molecule has 39 heavy (non-hydrogen) atoms. The van der Waals surface area contributed by atoms with E-state index in [-0.39, 0.29) is 6.61 Å². The average molecular weight is 613 g/mol. The quantitative estimate of drug-likeness (QED) is 0.191. The SMILES string of the molecule is Cc1cc(SC/C=C(/c2ccc(Br)cc2)c2ccc(-c3ccc(C(F)(F)F)cc3)cc2)ccc1OCC(=O)O. The first-order chi connectivity index (χ1) is 18.6. The van der Waals surface area contributed by atoms with E-state index in [9.17, 15) is 18.0 Å². The Morgan fingerprint density at radius 3 is 2.00 bits per heavy atom. The molecule has 0 heterocycles. The molecule has 0 saturated carbocycles. The summed E-state index contributed by atoms with van der Waals surface area (Å²) >= 11 is 5.12. The van der Waals surface area contributed by atoms with E-state index in [0.29, 0.717) is 17.1 Å². The number of thioether (sulfide) groups is 1. The highest BCUT2D eigenvalue weighted by molar-refractivity contribution is 9.10. The second-order valence-electron chi connectivity index (χ2n) is 8.70. The Balaban J connectivity index is 1.54. The summed E-state index contributed by atoms with van der Waals surface area (Å²) in [6, 6.07) is 26.6. The lowest BCUT2D eigenvalue weighted by atomic mass is 9.95. The molecule has 0 aliphatic rings. The van der Waals surface area contributed by atoms with E-state index in [1.165, 1.54) is 12.1 Å². The minimum atomic E-state index is -4.36. The predicted molar refractivity (Wildman–Crippen MR) is 153 cm³/mol. The zero-order valence-corrected chi connectivity index (χ0v) is 23.2. The number of carbonyl (C=O) groups is 1. The van der Waals surface area contributed by atoms with Gasteiger partial charge in [0, 0.05) is 15.1 Å². The second kappa shape index (κ2) is 12.6. The molecule has 200 valence electrons. The van der Waals surface area contributed by atoms with Crippen LogP contribution in [0.1, 0.15) is 22.3 Å². The first kappa shape index (κ1) is 28.5. The van der Waals surface area contributed by atoms with Crippen molar-refractivity contribution in [2.75, 3.05) is 12.4 Å². The van der Waals surface area contributed by atoms with Gasteiger partial charge in [-0.1, -0.05) is 70.5 Å². The Morgan fingerprint density at radius 2 is 1.46 bits per heavy atom. The van der Waals surface area contributed by atoms with Gasteiger partial charge in [0.25, 0.3) is 0 Å². The Bertz CT molecular complexity index is 1460. The number of halogens is 4. The molecule has 0 amide bonds. The number of aryl methyl sites for hydroxylation is 1. The van der Waals surface area contributed by atoms with Crippen LogP contribution in [-0.4, -0.2) is 23.4 Å². The minimum Gasteiger partial charge on any atom is -0.482 e. The summed E-state index contributed by atoms with van der Waals surface area (Å²) in [6.07, 6.45) is -2.22. The maximum absolute atomic E-state index is 12.9. The van der Waals surface area contributed by atoms with Gasteiger partial charge in [-0.3, -0.25) is 0 Å². The number of hydrogen-bond acceptors (Lipinski definition) is 3. The van der Waals surface area contributed by atoms with Gasteiger partial charge >= 0.3 is 12.1 Å². The van der Waals surface area contributed by atoms with Gasteiger partial charge in [-0.15, -0.1) is 11.8 Å². The van der Waals surface area contributed by atoms with Gasteiger partial charge in [0.15, 0.2) is 6.61 Å². The molecule has 1 N–H and O–H groups in total. The Labute approximate surface area is 237 Å². The van der Waals surface area contributed by atoms with Crippen LogP contribution in [0.3, 0.4) is 0 Å². The highest BCUT2D eigenvalue weighted by atomic mass is 79.9. The van der Waals surface area contributed by atoms with Crippen molar-refractivity contribution in [2.45, 2.75) is 18.0 Å². The zero-order valence-electron chi connectivity index (χ0n) is 20.8. The van der Waals surface area contributed by atoms with Crippen molar-refractivity contribution in [3.8, 4) is 16.9 Å². The topological polar surface area (TPSA) is 46.5 Å². The van der Waals surface area contributed by atoms with E-state index in [1.54, 1.807) is 17.8 Å². The van der Waals surface area contributed by atoms with Crippen LogP contribution in [0.15, 0.2) is 106 Å². The average Bonchev–Trinajstić information content (AvgIpc) is 2.91. The Morgan fingerprint density at radius 1 is 0.897 bits per heavy atom. The highest BCUT2D eigenvalue weighted by Crippen LogP contribution is 2.33. The van der Waals surface area contributed by atoms with Crippen LogP contribution >= 0.6 is 27.7 Å². The molecular weight excluding hydrogens is 589 g/mol. The smallest absolute Gasteiger partial charge is 0.416 e. The number of hydrogen-bond donors (Lipinski definition) is 1. The lowest BCUT2D eigenvalue weighted by Gasteiger charge is -2.12. The van der Waals surface area contributed by atoms with Gasteiger partial charge in [0.05, 0.1) is 5.56 Å². The normalized spacial score (nSPS) is 11.9. The molecule has 0 spiro atoms. The molecule has 0 aliphatic carbocycles. The van der Waals surface area contributed by atoms with E-state index < -0.39 is 17.7 Å². The van der Waals surface area contributed by atoms with Crippen LogP contribution < -0.4 is 4.74 Å². The van der Waals surface area contributed by atoms with Crippen LogP contribution in [0.25, 0.3) is 16.7 Å². The number of carboxylic acid groups (broad SMARTS) is 1. The maximum atomic E-state index is 12.9. The number of rotatable bonds is 9. The Kier molecular flexibility index (Phi) is 9.20. The molecular formula is C31H24BrF3O3S. The van der Waals surface area contributed by atoms with Crippen LogP contribution in [0.5, 0.6) is 5.75 Å². The number of carboxylic acids is 1. The minimum absolute atomic E-state index is 0.385. The van der Waals surface area contributed by atoms with E-state index >= 15 is 0 Å². The zero-order chi connectivity index (χ0) is 28.0. The van der Waals surface area contributed by atoms with Crippen molar-refractivity contribution >= 4 is 39.2 Å². The van der Waals surface area contributed by atoms with Crippen molar-refractivity contribution in [3.63, 3.8) is 0 Å². The van der Waals surface area contributed by atoms with Gasteiger partial charge in [0.2, 0.25) is 0 Å². The molecule has 4 aromatic rings. The number of ether oxygens (including phenoxy) is 1.